The quantitative estimate of drug-likeness (QED) is 0.574. The van der Waals surface area contributed by atoms with Gasteiger partial charge in [-0.15, -0.1) is 0 Å². The maximum atomic E-state index is 10.2. The van der Waals surface area contributed by atoms with Crippen molar-refractivity contribution in [1.29, 1.82) is 0 Å². The van der Waals surface area contributed by atoms with Crippen LogP contribution < -0.4 is 10.1 Å². The smallest absolute Gasteiger partial charge is 0.120 e. The monoisotopic (exact) mass is 207 g/mol. The summed E-state index contributed by atoms with van der Waals surface area (Å²) in [7, 11) is 3.54. The molecule has 0 aliphatic carbocycles. The Balaban J connectivity index is 2.73. The van der Waals surface area contributed by atoms with E-state index in [9.17, 15) is 4.79 Å². The van der Waals surface area contributed by atoms with Gasteiger partial charge in [-0.25, -0.2) is 0 Å². The van der Waals surface area contributed by atoms with Gasteiger partial charge in [0.2, 0.25) is 0 Å². The number of ether oxygens (including phenoxy) is 1. The first-order valence-corrected chi connectivity index (χ1v) is 5.10. The first-order valence-electron chi connectivity index (χ1n) is 5.10. The third-order valence-electron chi connectivity index (χ3n) is 2.35. The number of aryl methyl sites for hydroxylation is 1. The molecule has 0 bridgehead atoms. The molecule has 0 amide bonds. The van der Waals surface area contributed by atoms with E-state index in [1.165, 1.54) is 5.56 Å². The molecule has 0 aliphatic rings. The molecule has 0 spiro atoms. The van der Waals surface area contributed by atoms with Gasteiger partial charge in [0.15, 0.2) is 0 Å². The van der Waals surface area contributed by atoms with Gasteiger partial charge in [-0.2, -0.15) is 0 Å². The lowest BCUT2D eigenvalue weighted by molar-refractivity contribution is -0.107. The maximum Gasteiger partial charge on any atom is 0.120 e. The van der Waals surface area contributed by atoms with Gasteiger partial charge in [-0.3, -0.25) is 0 Å². The van der Waals surface area contributed by atoms with Crippen LogP contribution in [0.15, 0.2) is 18.2 Å². The highest BCUT2D eigenvalue weighted by molar-refractivity contribution is 5.55. The average Bonchev–Trinajstić information content (AvgIpc) is 2.29. The van der Waals surface area contributed by atoms with Crippen molar-refractivity contribution < 1.29 is 9.53 Å². The molecule has 3 nitrogen and oxygen atoms in total. The number of hydrogen-bond acceptors (Lipinski definition) is 3. The minimum atomic E-state index is 0.620. The first kappa shape index (κ1) is 11.6. The molecule has 0 aliphatic heterocycles. The molecule has 0 atom stereocenters. The van der Waals surface area contributed by atoms with Gasteiger partial charge in [-0.1, -0.05) is 6.07 Å². The molecule has 0 saturated carbocycles. The summed E-state index contributed by atoms with van der Waals surface area (Å²) < 4.78 is 5.14. The van der Waals surface area contributed by atoms with E-state index < -0.39 is 0 Å². The molecule has 0 aromatic heterocycles. The van der Waals surface area contributed by atoms with Crippen molar-refractivity contribution in [2.24, 2.45) is 0 Å². The summed E-state index contributed by atoms with van der Waals surface area (Å²) in [5.74, 6) is 0.846. The minimum absolute atomic E-state index is 0.620. The van der Waals surface area contributed by atoms with Crippen molar-refractivity contribution in [3.8, 4) is 5.75 Å². The van der Waals surface area contributed by atoms with Gasteiger partial charge >= 0.3 is 0 Å². The van der Waals surface area contributed by atoms with Crippen molar-refractivity contribution in [1.82, 2.24) is 0 Å². The fraction of sp³-hybridized carbons (Fsp3) is 0.417. The fourth-order valence-corrected chi connectivity index (χ4v) is 1.51. The van der Waals surface area contributed by atoms with Crippen LogP contribution in [0.1, 0.15) is 18.4 Å². The van der Waals surface area contributed by atoms with E-state index in [1.807, 2.05) is 25.2 Å². The van der Waals surface area contributed by atoms with Crippen molar-refractivity contribution in [2.75, 3.05) is 19.5 Å². The van der Waals surface area contributed by atoms with Crippen molar-refractivity contribution in [3.63, 3.8) is 0 Å². The number of hydrogen-bond donors (Lipinski definition) is 1. The number of carbonyl (C=O) groups is 1. The van der Waals surface area contributed by atoms with E-state index in [4.69, 9.17) is 4.74 Å². The molecule has 0 radical (unpaired) electrons. The molecule has 0 saturated heterocycles. The topological polar surface area (TPSA) is 38.3 Å². The van der Waals surface area contributed by atoms with Crippen LogP contribution in [-0.4, -0.2) is 20.4 Å². The van der Waals surface area contributed by atoms with E-state index in [0.717, 1.165) is 30.6 Å². The van der Waals surface area contributed by atoms with E-state index in [-0.39, 0.29) is 0 Å². The summed E-state index contributed by atoms with van der Waals surface area (Å²) >= 11 is 0. The third-order valence-corrected chi connectivity index (χ3v) is 2.35. The second kappa shape index (κ2) is 6.06. The predicted octanol–water partition coefficient (Wildman–Crippen LogP) is 2.26. The Bertz CT molecular complexity index is 323. The maximum absolute atomic E-state index is 10.2. The minimum Gasteiger partial charge on any atom is -0.497 e. The lowest BCUT2D eigenvalue weighted by Crippen LogP contribution is -1.97. The van der Waals surface area contributed by atoms with E-state index >= 15 is 0 Å². The highest BCUT2D eigenvalue weighted by Crippen LogP contribution is 2.23. The standard InChI is InChI=1S/C12H17NO2/c1-13-12-9-11(15-2)7-6-10(12)5-3-4-8-14/h6-9,13H,3-5H2,1-2H3. The van der Waals surface area contributed by atoms with Crippen LogP contribution in [0.5, 0.6) is 5.75 Å². The SMILES string of the molecule is CNc1cc(OC)ccc1CCCC=O. The first-order chi connectivity index (χ1) is 7.31. The Kier molecular flexibility index (Phi) is 4.68. The fourth-order valence-electron chi connectivity index (χ4n) is 1.51. The van der Waals surface area contributed by atoms with E-state index in [2.05, 4.69) is 5.32 Å². The number of anilines is 1. The molecule has 3 heteroatoms. The molecule has 1 N–H and O–H groups in total. The zero-order chi connectivity index (χ0) is 11.1. The molecule has 0 unspecified atom stereocenters. The zero-order valence-corrected chi connectivity index (χ0v) is 9.25. The number of nitrogens with one attached hydrogen (secondary N) is 1. The van der Waals surface area contributed by atoms with Gasteiger partial charge < -0.3 is 14.8 Å². The molecule has 0 fully saturated rings. The van der Waals surface area contributed by atoms with Crippen LogP contribution in [0.25, 0.3) is 0 Å². The second-order valence-electron chi connectivity index (χ2n) is 3.33. The molecule has 1 aromatic carbocycles. The number of benzene rings is 1. The number of rotatable bonds is 6. The van der Waals surface area contributed by atoms with E-state index in [1.54, 1.807) is 7.11 Å². The van der Waals surface area contributed by atoms with E-state index in [0.29, 0.717) is 6.42 Å². The van der Waals surface area contributed by atoms with Gasteiger partial charge in [0.25, 0.3) is 0 Å². The highest BCUT2D eigenvalue weighted by Gasteiger charge is 2.02. The van der Waals surface area contributed by atoms with Crippen molar-refractivity contribution in [3.05, 3.63) is 23.8 Å². The van der Waals surface area contributed by atoms with Crippen molar-refractivity contribution >= 4 is 12.0 Å². The Morgan fingerprint density at radius 1 is 1.47 bits per heavy atom. The number of carbonyl (C=O) groups excluding carboxylic acids is 1. The third kappa shape index (κ3) is 3.27. The molecule has 1 aromatic rings. The predicted molar refractivity (Wildman–Crippen MR) is 61.5 cm³/mol. The van der Waals surface area contributed by atoms with Crippen LogP contribution in [0.4, 0.5) is 5.69 Å². The molecule has 1 rings (SSSR count). The Morgan fingerprint density at radius 3 is 2.87 bits per heavy atom. The summed E-state index contributed by atoms with van der Waals surface area (Å²) in [6.07, 6.45) is 3.39. The van der Waals surface area contributed by atoms with Crippen LogP contribution in [0.2, 0.25) is 0 Å². The molecule has 0 heterocycles. The molecule has 82 valence electrons. The van der Waals surface area contributed by atoms with Crippen LogP contribution in [0.3, 0.4) is 0 Å². The molecular weight excluding hydrogens is 190 g/mol. The average molecular weight is 207 g/mol. The second-order valence-corrected chi connectivity index (χ2v) is 3.33. The summed E-state index contributed by atoms with van der Waals surface area (Å²) in [5, 5.41) is 3.13. The summed E-state index contributed by atoms with van der Waals surface area (Å²) in [4.78, 5) is 10.2. The summed E-state index contributed by atoms with van der Waals surface area (Å²) in [6.45, 7) is 0. The van der Waals surface area contributed by atoms with Gasteiger partial charge in [0.1, 0.15) is 12.0 Å². The Labute approximate surface area is 90.4 Å². The van der Waals surface area contributed by atoms with Crippen LogP contribution >= 0.6 is 0 Å². The summed E-state index contributed by atoms with van der Waals surface area (Å²) in [6, 6.07) is 5.95. The molecular formula is C12H17NO2. The number of unbranched alkanes of at least 4 members (excludes halogenated alkanes) is 1. The Hall–Kier alpha value is -1.51. The van der Waals surface area contributed by atoms with Gasteiger partial charge in [0.05, 0.1) is 7.11 Å². The number of methoxy groups -OCH3 is 1. The number of aldehydes is 1. The van der Waals surface area contributed by atoms with Gasteiger partial charge in [-0.05, 0) is 24.5 Å². The largest absolute Gasteiger partial charge is 0.497 e. The molecule has 15 heavy (non-hydrogen) atoms. The van der Waals surface area contributed by atoms with Gasteiger partial charge in [0, 0.05) is 25.2 Å². The van der Waals surface area contributed by atoms with Crippen molar-refractivity contribution in [2.45, 2.75) is 19.3 Å². The summed E-state index contributed by atoms with van der Waals surface area (Å²) in [5.41, 5.74) is 2.29. The lowest BCUT2D eigenvalue weighted by Gasteiger charge is -2.10. The Morgan fingerprint density at radius 2 is 2.27 bits per heavy atom. The zero-order valence-electron chi connectivity index (χ0n) is 9.25. The van der Waals surface area contributed by atoms with Crippen LogP contribution in [-0.2, 0) is 11.2 Å². The van der Waals surface area contributed by atoms with Crippen LogP contribution in [0, 0.1) is 0 Å². The highest BCUT2D eigenvalue weighted by atomic mass is 16.5. The normalized spacial score (nSPS) is 9.73. The lowest BCUT2D eigenvalue weighted by atomic mass is 10.1.